The van der Waals surface area contributed by atoms with Crippen LogP contribution in [0, 0.1) is 0 Å². The van der Waals surface area contributed by atoms with Crippen LogP contribution in [-0.2, 0) is 0 Å². The first-order valence-electron chi connectivity index (χ1n) is 6.84. The van der Waals surface area contributed by atoms with E-state index >= 15 is 0 Å². The Balaban J connectivity index is 1.86. The fourth-order valence-corrected chi connectivity index (χ4v) is 2.17. The average Bonchev–Trinajstić information content (AvgIpc) is 2.54. The molecule has 116 valence electrons. The summed E-state index contributed by atoms with van der Waals surface area (Å²) in [5.74, 6) is -0.412. The Bertz CT molecular complexity index is 853. The van der Waals surface area contributed by atoms with Crippen molar-refractivity contribution in [2.45, 2.75) is 6.61 Å². The van der Waals surface area contributed by atoms with Gasteiger partial charge in [0.1, 0.15) is 11.6 Å². The van der Waals surface area contributed by atoms with Gasteiger partial charge in [-0.15, -0.1) is 0 Å². The quantitative estimate of drug-likeness (QED) is 0.789. The van der Waals surface area contributed by atoms with Gasteiger partial charge in [-0.2, -0.15) is 8.78 Å². The number of amides is 1. The van der Waals surface area contributed by atoms with Gasteiger partial charge in [0, 0.05) is 5.39 Å². The number of fused-ring (bicyclic) bond motifs is 1. The van der Waals surface area contributed by atoms with E-state index in [1.165, 1.54) is 18.2 Å². The highest BCUT2D eigenvalue weighted by Crippen LogP contribution is 2.22. The number of rotatable bonds is 4. The number of nitrogens with one attached hydrogen (secondary N) is 1. The lowest BCUT2D eigenvalue weighted by molar-refractivity contribution is -0.0501. The SMILES string of the molecule is O=C(Nc1ccc2ccccc2n1)c1ccccc1OC(F)F. The minimum absolute atomic E-state index is 0.0164. The molecule has 0 radical (unpaired) electrons. The van der Waals surface area contributed by atoms with Gasteiger partial charge in [0.05, 0.1) is 11.1 Å². The summed E-state index contributed by atoms with van der Waals surface area (Å²) in [6.45, 7) is -3.00. The van der Waals surface area contributed by atoms with E-state index in [0.29, 0.717) is 5.82 Å². The van der Waals surface area contributed by atoms with Gasteiger partial charge < -0.3 is 10.1 Å². The van der Waals surface area contributed by atoms with Crippen LogP contribution in [-0.4, -0.2) is 17.5 Å². The Hall–Kier alpha value is -3.02. The topological polar surface area (TPSA) is 51.2 Å². The minimum atomic E-state index is -3.00. The molecule has 0 atom stereocenters. The molecule has 6 heteroatoms. The Kier molecular flexibility index (Phi) is 4.14. The van der Waals surface area contributed by atoms with Crippen molar-refractivity contribution in [1.82, 2.24) is 4.98 Å². The minimum Gasteiger partial charge on any atom is -0.434 e. The molecule has 3 rings (SSSR count). The first kappa shape index (κ1) is 14.9. The molecule has 1 N–H and O–H groups in total. The summed E-state index contributed by atoms with van der Waals surface area (Å²) in [5.41, 5.74) is 0.741. The fourth-order valence-electron chi connectivity index (χ4n) is 2.17. The van der Waals surface area contributed by atoms with Crippen LogP contribution in [0.25, 0.3) is 10.9 Å². The molecule has 0 unspecified atom stereocenters. The van der Waals surface area contributed by atoms with Gasteiger partial charge in [0.15, 0.2) is 0 Å². The predicted molar refractivity (Wildman–Crippen MR) is 82.8 cm³/mol. The summed E-state index contributed by atoms with van der Waals surface area (Å²) >= 11 is 0. The number of benzene rings is 2. The third-order valence-electron chi connectivity index (χ3n) is 3.19. The number of pyridine rings is 1. The predicted octanol–water partition coefficient (Wildman–Crippen LogP) is 4.09. The number of para-hydroxylation sites is 2. The second kappa shape index (κ2) is 6.39. The van der Waals surface area contributed by atoms with E-state index in [0.717, 1.165) is 10.9 Å². The van der Waals surface area contributed by atoms with Crippen molar-refractivity contribution in [3.63, 3.8) is 0 Å². The highest BCUT2D eigenvalue weighted by atomic mass is 19.3. The molecule has 23 heavy (non-hydrogen) atoms. The number of hydrogen-bond donors (Lipinski definition) is 1. The average molecular weight is 314 g/mol. The highest BCUT2D eigenvalue weighted by Gasteiger charge is 2.15. The molecule has 1 aromatic heterocycles. The molecular formula is C17H12F2N2O2. The number of carbonyl (C=O) groups is 1. The Morgan fingerprint density at radius 1 is 1.00 bits per heavy atom. The number of alkyl halides is 2. The van der Waals surface area contributed by atoms with Crippen LogP contribution in [0.5, 0.6) is 5.75 Å². The number of carbonyl (C=O) groups excluding carboxylic acids is 1. The van der Waals surface area contributed by atoms with E-state index in [1.54, 1.807) is 12.1 Å². The number of ether oxygens (including phenoxy) is 1. The first-order valence-corrected chi connectivity index (χ1v) is 6.84. The van der Waals surface area contributed by atoms with Crippen molar-refractivity contribution < 1.29 is 18.3 Å². The summed E-state index contributed by atoms with van der Waals surface area (Å²) in [4.78, 5) is 16.6. The molecule has 0 aliphatic carbocycles. The van der Waals surface area contributed by atoms with Crippen LogP contribution in [0.4, 0.5) is 14.6 Å². The van der Waals surface area contributed by atoms with Crippen LogP contribution in [0.2, 0.25) is 0 Å². The molecule has 1 heterocycles. The van der Waals surface area contributed by atoms with Crippen molar-refractivity contribution in [2.24, 2.45) is 0 Å². The Labute approximate surface area is 130 Å². The second-order valence-electron chi connectivity index (χ2n) is 4.72. The van der Waals surface area contributed by atoms with Crippen LogP contribution in [0.15, 0.2) is 60.7 Å². The number of anilines is 1. The van der Waals surface area contributed by atoms with Gasteiger partial charge in [-0.1, -0.05) is 30.3 Å². The van der Waals surface area contributed by atoms with Crippen LogP contribution >= 0.6 is 0 Å². The van der Waals surface area contributed by atoms with E-state index < -0.39 is 12.5 Å². The molecule has 0 aliphatic heterocycles. The maximum Gasteiger partial charge on any atom is 0.387 e. The molecule has 2 aromatic carbocycles. The fraction of sp³-hybridized carbons (Fsp3) is 0.0588. The molecule has 0 saturated carbocycles. The van der Waals surface area contributed by atoms with Gasteiger partial charge in [-0.05, 0) is 30.3 Å². The largest absolute Gasteiger partial charge is 0.434 e. The first-order chi connectivity index (χ1) is 11.1. The Morgan fingerprint density at radius 3 is 2.57 bits per heavy atom. The van der Waals surface area contributed by atoms with Gasteiger partial charge in [-0.3, -0.25) is 4.79 Å². The third kappa shape index (κ3) is 3.42. The van der Waals surface area contributed by atoms with E-state index in [1.807, 2.05) is 30.3 Å². The molecule has 0 bridgehead atoms. The van der Waals surface area contributed by atoms with Crippen LogP contribution in [0.1, 0.15) is 10.4 Å². The normalized spacial score (nSPS) is 10.7. The number of nitrogens with zero attached hydrogens (tertiary/aromatic N) is 1. The highest BCUT2D eigenvalue weighted by molar-refractivity contribution is 6.06. The smallest absolute Gasteiger partial charge is 0.387 e. The van der Waals surface area contributed by atoms with Crippen molar-refractivity contribution in [3.8, 4) is 5.75 Å². The number of aromatic nitrogens is 1. The van der Waals surface area contributed by atoms with Crippen LogP contribution < -0.4 is 10.1 Å². The third-order valence-corrected chi connectivity index (χ3v) is 3.19. The summed E-state index contributed by atoms with van der Waals surface area (Å²) in [7, 11) is 0. The maximum absolute atomic E-state index is 12.4. The Morgan fingerprint density at radius 2 is 1.74 bits per heavy atom. The standard InChI is InChI=1S/C17H12F2N2O2/c18-17(19)23-14-8-4-2-6-12(14)16(22)21-15-10-9-11-5-1-3-7-13(11)20-15/h1-10,17H,(H,20,21,22). The molecule has 1 amide bonds. The van der Waals surface area contributed by atoms with Gasteiger partial charge in [0.25, 0.3) is 5.91 Å². The lowest BCUT2D eigenvalue weighted by Crippen LogP contribution is -2.15. The van der Waals surface area contributed by atoms with Crippen molar-refractivity contribution >= 4 is 22.6 Å². The van der Waals surface area contributed by atoms with Crippen molar-refractivity contribution in [1.29, 1.82) is 0 Å². The zero-order chi connectivity index (χ0) is 16.2. The molecule has 0 saturated heterocycles. The van der Waals surface area contributed by atoms with E-state index in [2.05, 4.69) is 15.0 Å². The van der Waals surface area contributed by atoms with Crippen molar-refractivity contribution in [3.05, 3.63) is 66.2 Å². The molecule has 0 fully saturated rings. The second-order valence-corrected chi connectivity index (χ2v) is 4.72. The number of hydrogen-bond acceptors (Lipinski definition) is 3. The molecule has 3 aromatic rings. The number of halogens is 2. The summed E-state index contributed by atoms with van der Waals surface area (Å²) < 4.78 is 29.2. The summed E-state index contributed by atoms with van der Waals surface area (Å²) in [6, 6.07) is 16.7. The van der Waals surface area contributed by atoms with Crippen molar-refractivity contribution in [2.75, 3.05) is 5.32 Å². The monoisotopic (exact) mass is 314 g/mol. The van der Waals surface area contributed by atoms with Gasteiger partial charge in [-0.25, -0.2) is 4.98 Å². The lowest BCUT2D eigenvalue weighted by Gasteiger charge is -2.10. The molecular weight excluding hydrogens is 302 g/mol. The summed E-state index contributed by atoms with van der Waals surface area (Å²) in [6.07, 6.45) is 0. The van der Waals surface area contributed by atoms with E-state index in [9.17, 15) is 13.6 Å². The maximum atomic E-state index is 12.4. The van der Waals surface area contributed by atoms with Gasteiger partial charge >= 0.3 is 6.61 Å². The zero-order valence-electron chi connectivity index (χ0n) is 11.9. The van der Waals surface area contributed by atoms with E-state index in [-0.39, 0.29) is 11.3 Å². The summed E-state index contributed by atoms with van der Waals surface area (Å²) in [5, 5.41) is 3.53. The van der Waals surface area contributed by atoms with Gasteiger partial charge in [0.2, 0.25) is 0 Å². The van der Waals surface area contributed by atoms with Crippen LogP contribution in [0.3, 0.4) is 0 Å². The molecule has 0 spiro atoms. The van der Waals surface area contributed by atoms with E-state index in [4.69, 9.17) is 0 Å². The lowest BCUT2D eigenvalue weighted by atomic mass is 10.2. The molecule has 4 nitrogen and oxygen atoms in total. The zero-order valence-corrected chi connectivity index (χ0v) is 11.9. The molecule has 0 aliphatic rings.